The first-order valence-electron chi connectivity index (χ1n) is 10.1. The van der Waals surface area contributed by atoms with Crippen molar-refractivity contribution in [3.63, 3.8) is 0 Å². The van der Waals surface area contributed by atoms with E-state index in [0.717, 1.165) is 35.1 Å². The highest BCUT2D eigenvalue weighted by Gasteiger charge is 2.22. The SMILES string of the molecule is CN=C(NCc1ccc(OCc2ccccn2)cc1)NCC1Cc2ccccc2O1. The number of nitrogens with zero attached hydrogens (tertiary/aromatic N) is 2. The molecule has 30 heavy (non-hydrogen) atoms. The first-order chi connectivity index (χ1) is 14.8. The fraction of sp³-hybridized carbons (Fsp3) is 0.250. The predicted molar refractivity (Wildman–Crippen MR) is 118 cm³/mol. The monoisotopic (exact) mass is 402 g/mol. The second-order valence-corrected chi connectivity index (χ2v) is 7.11. The van der Waals surface area contributed by atoms with Crippen molar-refractivity contribution in [2.45, 2.75) is 25.7 Å². The number of hydrogen-bond acceptors (Lipinski definition) is 4. The van der Waals surface area contributed by atoms with E-state index in [4.69, 9.17) is 9.47 Å². The first-order valence-corrected chi connectivity index (χ1v) is 10.1. The Kier molecular flexibility index (Phi) is 6.44. The van der Waals surface area contributed by atoms with Gasteiger partial charge in [-0.25, -0.2) is 0 Å². The number of guanidine groups is 1. The number of rotatable bonds is 7. The number of aliphatic imine (C=N–C) groups is 1. The molecule has 1 aromatic heterocycles. The lowest BCUT2D eigenvalue weighted by molar-refractivity contribution is 0.235. The Morgan fingerprint density at radius 3 is 2.67 bits per heavy atom. The van der Waals surface area contributed by atoms with Crippen molar-refractivity contribution in [1.29, 1.82) is 0 Å². The third-order valence-electron chi connectivity index (χ3n) is 4.93. The number of ether oxygens (including phenoxy) is 2. The fourth-order valence-corrected chi connectivity index (χ4v) is 3.33. The Balaban J connectivity index is 1.20. The van der Waals surface area contributed by atoms with Gasteiger partial charge in [0.1, 0.15) is 24.2 Å². The Labute approximate surface area is 177 Å². The molecule has 0 amide bonds. The van der Waals surface area contributed by atoms with Crippen molar-refractivity contribution >= 4 is 5.96 Å². The van der Waals surface area contributed by atoms with Crippen molar-refractivity contribution in [3.8, 4) is 11.5 Å². The van der Waals surface area contributed by atoms with Crippen LogP contribution in [0.5, 0.6) is 11.5 Å². The minimum atomic E-state index is 0.122. The number of hydrogen-bond donors (Lipinski definition) is 2. The van der Waals surface area contributed by atoms with Gasteiger partial charge in [-0.1, -0.05) is 36.4 Å². The number of aromatic nitrogens is 1. The highest BCUT2D eigenvalue weighted by atomic mass is 16.5. The maximum absolute atomic E-state index is 5.97. The minimum absolute atomic E-state index is 0.122. The van der Waals surface area contributed by atoms with Gasteiger partial charge in [0.25, 0.3) is 0 Å². The molecule has 6 heteroatoms. The summed E-state index contributed by atoms with van der Waals surface area (Å²) >= 11 is 0. The number of pyridine rings is 1. The molecule has 0 aliphatic carbocycles. The molecule has 154 valence electrons. The predicted octanol–water partition coefficient (Wildman–Crippen LogP) is 3.33. The van der Waals surface area contributed by atoms with Crippen LogP contribution in [-0.4, -0.2) is 30.6 Å². The molecule has 0 saturated heterocycles. The smallest absolute Gasteiger partial charge is 0.191 e. The van der Waals surface area contributed by atoms with Gasteiger partial charge in [-0.2, -0.15) is 0 Å². The average Bonchev–Trinajstić information content (AvgIpc) is 3.22. The Morgan fingerprint density at radius 2 is 1.90 bits per heavy atom. The molecule has 2 heterocycles. The molecule has 1 atom stereocenters. The van der Waals surface area contributed by atoms with Gasteiger partial charge in [0.2, 0.25) is 0 Å². The second-order valence-electron chi connectivity index (χ2n) is 7.11. The molecule has 1 aliphatic rings. The van der Waals surface area contributed by atoms with Gasteiger partial charge in [-0.15, -0.1) is 0 Å². The molecule has 2 aromatic carbocycles. The van der Waals surface area contributed by atoms with Gasteiger partial charge in [-0.05, 0) is 41.5 Å². The van der Waals surface area contributed by atoms with Crippen LogP contribution < -0.4 is 20.1 Å². The molecule has 2 N–H and O–H groups in total. The summed E-state index contributed by atoms with van der Waals surface area (Å²) < 4.78 is 11.8. The van der Waals surface area contributed by atoms with Gasteiger partial charge >= 0.3 is 0 Å². The molecule has 6 nitrogen and oxygen atoms in total. The summed E-state index contributed by atoms with van der Waals surface area (Å²) in [6.07, 6.45) is 2.81. The van der Waals surface area contributed by atoms with E-state index < -0.39 is 0 Å². The van der Waals surface area contributed by atoms with E-state index in [0.29, 0.717) is 19.7 Å². The van der Waals surface area contributed by atoms with E-state index in [1.165, 1.54) is 5.56 Å². The highest BCUT2D eigenvalue weighted by molar-refractivity contribution is 5.79. The van der Waals surface area contributed by atoms with E-state index in [1.54, 1.807) is 13.2 Å². The maximum Gasteiger partial charge on any atom is 0.191 e. The lowest BCUT2D eigenvalue weighted by Crippen LogP contribution is -2.41. The summed E-state index contributed by atoms with van der Waals surface area (Å²) in [5.74, 6) is 2.56. The summed E-state index contributed by atoms with van der Waals surface area (Å²) in [7, 11) is 1.77. The Bertz CT molecular complexity index is 949. The van der Waals surface area contributed by atoms with Crippen molar-refractivity contribution in [2.24, 2.45) is 4.99 Å². The topological polar surface area (TPSA) is 67.8 Å². The standard InChI is InChI=1S/C24H26N4O2/c1-25-24(28-16-22-14-19-6-2-3-8-23(19)30-22)27-15-18-9-11-21(12-10-18)29-17-20-7-4-5-13-26-20/h2-13,22H,14-17H2,1H3,(H2,25,27,28). The van der Waals surface area contributed by atoms with Crippen LogP contribution in [0.1, 0.15) is 16.8 Å². The molecule has 0 radical (unpaired) electrons. The van der Waals surface area contributed by atoms with E-state index >= 15 is 0 Å². The molecule has 0 spiro atoms. The Morgan fingerprint density at radius 1 is 1.07 bits per heavy atom. The summed E-state index contributed by atoms with van der Waals surface area (Å²) in [4.78, 5) is 8.56. The van der Waals surface area contributed by atoms with E-state index in [1.807, 2.05) is 60.7 Å². The minimum Gasteiger partial charge on any atom is -0.488 e. The van der Waals surface area contributed by atoms with Gasteiger partial charge in [0, 0.05) is 26.2 Å². The highest BCUT2D eigenvalue weighted by Crippen LogP contribution is 2.27. The summed E-state index contributed by atoms with van der Waals surface area (Å²) in [6, 6.07) is 22.0. The quantitative estimate of drug-likeness (QED) is 0.469. The van der Waals surface area contributed by atoms with Crippen LogP contribution in [0.25, 0.3) is 0 Å². The zero-order valence-corrected chi connectivity index (χ0v) is 17.0. The molecular weight excluding hydrogens is 376 g/mol. The molecule has 1 aliphatic heterocycles. The van der Waals surface area contributed by atoms with Gasteiger partial charge < -0.3 is 20.1 Å². The molecule has 3 aromatic rings. The number of fused-ring (bicyclic) bond motifs is 1. The van der Waals surface area contributed by atoms with Crippen LogP contribution in [0.3, 0.4) is 0 Å². The molecule has 0 bridgehead atoms. The summed E-state index contributed by atoms with van der Waals surface area (Å²) in [5.41, 5.74) is 3.32. The maximum atomic E-state index is 5.97. The van der Waals surface area contributed by atoms with Crippen molar-refractivity contribution in [2.75, 3.05) is 13.6 Å². The normalized spacial score (nSPS) is 15.2. The van der Waals surface area contributed by atoms with Crippen molar-refractivity contribution in [3.05, 3.63) is 89.7 Å². The summed E-state index contributed by atoms with van der Waals surface area (Å²) in [5, 5.41) is 6.69. The zero-order valence-electron chi connectivity index (χ0n) is 17.0. The lowest BCUT2D eigenvalue weighted by atomic mass is 10.1. The molecule has 0 saturated carbocycles. The number of benzene rings is 2. The van der Waals surface area contributed by atoms with Crippen LogP contribution >= 0.6 is 0 Å². The van der Waals surface area contributed by atoms with Crippen molar-refractivity contribution in [1.82, 2.24) is 15.6 Å². The van der Waals surface area contributed by atoms with Crippen LogP contribution in [0, 0.1) is 0 Å². The third-order valence-corrected chi connectivity index (χ3v) is 4.93. The number of nitrogens with one attached hydrogen (secondary N) is 2. The van der Waals surface area contributed by atoms with E-state index in [9.17, 15) is 0 Å². The van der Waals surface area contributed by atoms with Crippen LogP contribution in [0.2, 0.25) is 0 Å². The van der Waals surface area contributed by atoms with Gasteiger partial charge in [0.05, 0.1) is 12.2 Å². The van der Waals surface area contributed by atoms with Crippen LogP contribution in [0.15, 0.2) is 77.9 Å². The van der Waals surface area contributed by atoms with Crippen molar-refractivity contribution < 1.29 is 9.47 Å². The largest absolute Gasteiger partial charge is 0.488 e. The lowest BCUT2D eigenvalue weighted by Gasteiger charge is -2.16. The van der Waals surface area contributed by atoms with Gasteiger partial charge in [-0.3, -0.25) is 9.98 Å². The second kappa shape index (κ2) is 9.78. The zero-order chi connectivity index (χ0) is 20.6. The molecule has 4 rings (SSSR count). The third kappa shape index (κ3) is 5.29. The van der Waals surface area contributed by atoms with Crippen LogP contribution in [0.4, 0.5) is 0 Å². The van der Waals surface area contributed by atoms with E-state index in [2.05, 4.69) is 26.7 Å². The molecular formula is C24H26N4O2. The fourth-order valence-electron chi connectivity index (χ4n) is 3.33. The average molecular weight is 402 g/mol. The van der Waals surface area contributed by atoms with E-state index in [-0.39, 0.29) is 6.10 Å². The van der Waals surface area contributed by atoms with Crippen LogP contribution in [-0.2, 0) is 19.6 Å². The number of para-hydroxylation sites is 1. The Hall–Kier alpha value is -3.54. The summed E-state index contributed by atoms with van der Waals surface area (Å²) in [6.45, 7) is 1.84. The van der Waals surface area contributed by atoms with Gasteiger partial charge in [0.15, 0.2) is 5.96 Å². The molecule has 1 unspecified atom stereocenters. The molecule has 0 fully saturated rings. The first kappa shape index (κ1) is 19.8.